The number of amides is 2. The Kier molecular flexibility index (Phi) is 5.43. The van der Waals surface area contributed by atoms with E-state index in [0.29, 0.717) is 29.3 Å². The molecule has 2 aromatic carbocycles. The number of H-pyrrole nitrogens is 1. The molecule has 0 unspecified atom stereocenters. The van der Waals surface area contributed by atoms with Gasteiger partial charge in [-0.3, -0.25) is 14.7 Å². The lowest BCUT2D eigenvalue weighted by molar-refractivity contribution is -0.137. The Labute approximate surface area is 208 Å². The number of aromatic amines is 1. The summed E-state index contributed by atoms with van der Waals surface area (Å²) in [6.07, 6.45) is -1.84. The van der Waals surface area contributed by atoms with Gasteiger partial charge in [0.05, 0.1) is 34.3 Å². The lowest BCUT2D eigenvalue weighted by Gasteiger charge is -2.18. The summed E-state index contributed by atoms with van der Waals surface area (Å²) < 4.78 is 40.6. The highest BCUT2D eigenvalue weighted by Gasteiger charge is 2.45. The lowest BCUT2D eigenvalue weighted by Crippen LogP contribution is -2.22. The minimum atomic E-state index is -4.65. The van der Waals surface area contributed by atoms with Crippen molar-refractivity contribution in [3.05, 3.63) is 53.3 Å². The molecule has 37 heavy (non-hydrogen) atoms. The zero-order valence-corrected chi connectivity index (χ0v) is 19.8. The molecule has 9 nitrogen and oxygen atoms in total. The van der Waals surface area contributed by atoms with Crippen molar-refractivity contribution in [3.63, 3.8) is 0 Å². The summed E-state index contributed by atoms with van der Waals surface area (Å²) in [6.45, 7) is 3.54. The van der Waals surface area contributed by atoms with Crippen LogP contribution in [0.4, 0.5) is 24.5 Å². The van der Waals surface area contributed by atoms with E-state index in [1.165, 1.54) is 0 Å². The van der Waals surface area contributed by atoms with Crippen molar-refractivity contribution in [3.8, 4) is 22.6 Å². The van der Waals surface area contributed by atoms with E-state index < -0.39 is 29.0 Å². The van der Waals surface area contributed by atoms with Gasteiger partial charge in [-0.15, -0.1) is 0 Å². The SMILES string of the molecule is Cc1ccc2[nH]ncc2c1-c1nc(-c2ccc(C(F)(F)F)cc2NC(=O)C2(C)CC2)nc(C(N)=O)c1N. The fraction of sp³-hybridized carbons (Fsp3) is 0.240. The lowest BCUT2D eigenvalue weighted by atomic mass is 9.98. The molecule has 1 fully saturated rings. The second kappa shape index (κ2) is 8.29. The van der Waals surface area contributed by atoms with Crippen LogP contribution in [0.2, 0.25) is 0 Å². The van der Waals surface area contributed by atoms with Crippen LogP contribution in [-0.4, -0.2) is 32.0 Å². The van der Waals surface area contributed by atoms with Crippen LogP contribution < -0.4 is 16.8 Å². The molecular weight excluding hydrogens is 487 g/mol. The summed E-state index contributed by atoms with van der Waals surface area (Å²) in [5.74, 6) is -1.48. The minimum Gasteiger partial charge on any atom is -0.395 e. The quantitative estimate of drug-likeness (QED) is 0.312. The number of halogens is 3. The third kappa shape index (κ3) is 4.24. The number of carbonyl (C=O) groups is 2. The molecule has 0 aliphatic heterocycles. The minimum absolute atomic E-state index is 0.0753. The predicted molar refractivity (Wildman–Crippen MR) is 131 cm³/mol. The molecule has 12 heteroatoms. The van der Waals surface area contributed by atoms with Crippen LogP contribution in [-0.2, 0) is 11.0 Å². The summed E-state index contributed by atoms with van der Waals surface area (Å²) in [5.41, 5.74) is 11.9. The van der Waals surface area contributed by atoms with E-state index in [1.807, 2.05) is 13.0 Å². The van der Waals surface area contributed by atoms with Crippen LogP contribution in [0.1, 0.15) is 41.4 Å². The van der Waals surface area contributed by atoms with E-state index in [4.69, 9.17) is 11.5 Å². The average Bonchev–Trinajstić information content (AvgIpc) is 3.41. The van der Waals surface area contributed by atoms with Crippen LogP contribution in [0.3, 0.4) is 0 Å². The molecule has 1 aliphatic rings. The number of aromatic nitrogens is 4. The summed E-state index contributed by atoms with van der Waals surface area (Å²) >= 11 is 0. The highest BCUT2D eigenvalue weighted by Crippen LogP contribution is 2.46. The van der Waals surface area contributed by atoms with Crippen molar-refractivity contribution in [1.82, 2.24) is 20.2 Å². The Hall–Kier alpha value is -4.48. The number of alkyl halides is 3. The zero-order chi connectivity index (χ0) is 26.7. The van der Waals surface area contributed by atoms with E-state index in [9.17, 15) is 22.8 Å². The molecular formula is C25H22F3N7O2. The molecule has 0 bridgehead atoms. The summed E-state index contributed by atoms with van der Waals surface area (Å²) in [4.78, 5) is 33.8. The molecule has 4 aromatic rings. The highest BCUT2D eigenvalue weighted by atomic mass is 19.4. The van der Waals surface area contributed by atoms with E-state index in [0.717, 1.165) is 23.8 Å². The van der Waals surface area contributed by atoms with Crippen molar-refractivity contribution in [2.45, 2.75) is 32.9 Å². The van der Waals surface area contributed by atoms with Gasteiger partial charge in [0, 0.05) is 21.9 Å². The van der Waals surface area contributed by atoms with E-state index >= 15 is 0 Å². The number of hydrogen-bond acceptors (Lipinski definition) is 6. The third-order valence-electron chi connectivity index (χ3n) is 6.63. The Morgan fingerprint density at radius 3 is 2.51 bits per heavy atom. The number of primary amides is 1. The number of rotatable bonds is 5. The van der Waals surface area contributed by atoms with Gasteiger partial charge in [-0.25, -0.2) is 9.97 Å². The van der Waals surface area contributed by atoms with Crippen LogP contribution >= 0.6 is 0 Å². The van der Waals surface area contributed by atoms with Gasteiger partial charge >= 0.3 is 6.18 Å². The molecule has 1 saturated carbocycles. The highest BCUT2D eigenvalue weighted by molar-refractivity contribution is 6.05. The molecule has 0 spiro atoms. The van der Waals surface area contributed by atoms with Gasteiger partial charge < -0.3 is 16.8 Å². The molecule has 2 amide bonds. The van der Waals surface area contributed by atoms with Gasteiger partial charge in [-0.2, -0.15) is 18.3 Å². The molecule has 0 atom stereocenters. The van der Waals surface area contributed by atoms with Crippen molar-refractivity contribution in [2.24, 2.45) is 11.1 Å². The average molecular weight is 509 g/mol. The van der Waals surface area contributed by atoms with Crippen LogP contribution in [0.25, 0.3) is 33.5 Å². The first-order valence-electron chi connectivity index (χ1n) is 11.3. The molecule has 5 rings (SSSR count). The maximum absolute atomic E-state index is 13.5. The van der Waals surface area contributed by atoms with Gasteiger partial charge in [0.25, 0.3) is 5.91 Å². The molecule has 0 saturated heterocycles. The van der Waals surface area contributed by atoms with Gasteiger partial charge in [0.1, 0.15) is 0 Å². The smallest absolute Gasteiger partial charge is 0.395 e. The summed E-state index contributed by atoms with van der Waals surface area (Å²) in [5, 5.41) is 10.2. The third-order valence-corrected chi connectivity index (χ3v) is 6.63. The van der Waals surface area contributed by atoms with Crippen LogP contribution in [0.15, 0.2) is 36.5 Å². The first-order chi connectivity index (χ1) is 17.4. The maximum Gasteiger partial charge on any atom is 0.416 e. The number of benzene rings is 2. The molecule has 190 valence electrons. The number of nitrogens with one attached hydrogen (secondary N) is 2. The molecule has 2 aromatic heterocycles. The monoisotopic (exact) mass is 509 g/mol. The number of fused-ring (bicyclic) bond motifs is 1. The standard InChI is InChI=1S/C25H22F3N7O2/c1-11-3-6-15-14(10-31-35-15)17(11)19-18(29)20(21(30)36)34-22(33-19)13-5-4-12(25(26,27)28)9-16(13)32-23(37)24(2)7-8-24/h3-6,9-10H,7-8,29H2,1-2H3,(H2,30,36)(H,31,35)(H,32,37). The van der Waals surface area contributed by atoms with Gasteiger partial charge in [-0.05, 0) is 49.6 Å². The van der Waals surface area contributed by atoms with Gasteiger partial charge in [-0.1, -0.05) is 13.0 Å². The fourth-order valence-electron chi connectivity index (χ4n) is 4.12. The van der Waals surface area contributed by atoms with Crippen LogP contribution in [0, 0.1) is 12.3 Å². The van der Waals surface area contributed by atoms with E-state index in [1.54, 1.807) is 19.2 Å². The normalized spacial score (nSPS) is 14.5. The number of nitrogens with two attached hydrogens (primary N) is 2. The Morgan fingerprint density at radius 1 is 1.14 bits per heavy atom. The molecule has 2 heterocycles. The first kappa shape index (κ1) is 24.2. The summed E-state index contributed by atoms with van der Waals surface area (Å²) in [6, 6.07) is 6.45. The number of anilines is 2. The number of nitrogen functional groups attached to an aromatic ring is 1. The largest absolute Gasteiger partial charge is 0.416 e. The Bertz CT molecular complexity index is 1590. The number of aryl methyl sites for hydroxylation is 1. The van der Waals surface area contributed by atoms with Crippen molar-refractivity contribution >= 4 is 34.1 Å². The number of carbonyl (C=O) groups excluding carboxylic acids is 2. The van der Waals surface area contributed by atoms with E-state index in [2.05, 4.69) is 25.5 Å². The van der Waals surface area contributed by atoms with Crippen molar-refractivity contribution in [2.75, 3.05) is 11.1 Å². The molecule has 1 aliphatic carbocycles. The number of nitrogens with zero attached hydrogens (tertiary/aromatic N) is 3. The first-order valence-corrected chi connectivity index (χ1v) is 11.3. The van der Waals surface area contributed by atoms with Gasteiger partial charge in [0.2, 0.25) is 5.91 Å². The Balaban J connectivity index is 1.75. The maximum atomic E-state index is 13.5. The predicted octanol–water partition coefficient (Wildman–Crippen LogP) is 4.43. The fourth-order valence-corrected chi connectivity index (χ4v) is 4.12. The van der Waals surface area contributed by atoms with Crippen molar-refractivity contribution < 1.29 is 22.8 Å². The molecule has 0 radical (unpaired) electrons. The molecule has 6 N–H and O–H groups in total. The van der Waals surface area contributed by atoms with Gasteiger partial charge in [0.15, 0.2) is 11.5 Å². The van der Waals surface area contributed by atoms with E-state index in [-0.39, 0.29) is 34.2 Å². The Morgan fingerprint density at radius 2 is 1.86 bits per heavy atom. The zero-order valence-electron chi connectivity index (χ0n) is 19.8. The topological polar surface area (TPSA) is 153 Å². The number of hydrogen-bond donors (Lipinski definition) is 4. The summed E-state index contributed by atoms with van der Waals surface area (Å²) in [7, 11) is 0. The van der Waals surface area contributed by atoms with Crippen molar-refractivity contribution in [1.29, 1.82) is 0 Å². The van der Waals surface area contributed by atoms with Crippen LogP contribution in [0.5, 0.6) is 0 Å². The second-order valence-electron chi connectivity index (χ2n) is 9.38. The second-order valence-corrected chi connectivity index (χ2v) is 9.38.